The summed E-state index contributed by atoms with van der Waals surface area (Å²) < 4.78 is 0. The summed E-state index contributed by atoms with van der Waals surface area (Å²) in [6.07, 6.45) is 14.4. The zero-order valence-electron chi connectivity index (χ0n) is 11.7. The maximum atomic E-state index is 11.7. The molecule has 0 atom stereocenters. The van der Waals surface area contributed by atoms with Crippen LogP contribution in [0.1, 0.15) is 71.1 Å². The Hall–Kier alpha value is -0.300. The van der Waals surface area contributed by atoms with Crippen molar-refractivity contribution >= 4 is 17.4 Å². The lowest BCUT2D eigenvalue weighted by atomic mass is 9.78. The molecule has 1 rings (SSSR count). The Morgan fingerprint density at radius 2 is 1.78 bits per heavy atom. The molecular formula is C16H27ClO. The van der Waals surface area contributed by atoms with Crippen molar-refractivity contribution in [3.8, 4) is 0 Å². The van der Waals surface area contributed by atoms with E-state index in [-0.39, 0.29) is 11.7 Å². The van der Waals surface area contributed by atoms with Crippen LogP contribution in [0, 0.1) is 11.8 Å². The fourth-order valence-electron chi connectivity index (χ4n) is 2.97. The molecule has 2 heteroatoms. The Balaban J connectivity index is 2.10. The van der Waals surface area contributed by atoms with Crippen LogP contribution in [0.5, 0.6) is 0 Å². The molecule has 1 aliphatic rings. The molecule has 0 unspecified atom stereocenters. The monoisotopic (exact) mass is 270 g/mol. The number of unbranched alkanes of at least 4 members (excludes halogenated alkanes) is 4. The van der Waals surface area contributed by atoms with Gasteiger partial charge in [-0.1, -0.05) is 57.0 Å². The van der Waals surface area contributed by atoms with Gasteiger partial charge in [-0.15, -0.1) is 0 Å². The van der Waals surface area contributed by atoms with E-state index in [1.54, 1.807) is 0 Å². The molecule has 0 aliphatic heterocycles. The van der Waals surface area contributed by atoms with Gasteiger partial charge in [-0.2, -0.15) is 0 Å². The molecule has 0 amide bonds. The van der Waals surface area contributed by atoms with E-state index in [1.165, 1.54) is 63.0 Å². The first-order valence-electron chi connectivity index (χ1n) is 7.58. The van der Waals surface area contributed by atoms with E-state index in [9.17, 15) is 4.79 Å². The summed E-state index contributed by atoms with van der Waals surface area (Å²) in [6, 6.07) is 0. The van der Waals surface area contributed by atoms with Crippen LogP contribution in [0.2, 0.25) is 0 Å². The van der Waals surface area contributed by atoms with E-state index >= 15 is 0 Å². The lowest BCUT2D eigenvalue weighted by molar-refractivity contribution is -0.119. The van der Waals surface area contributed by atoms with Gasteiger partial charge in [0, 0.05) is 11.5 Å². The van der Waals surface area contributed by atoms with Crippen molar-refractivity contribution in [2.75, 3.05) is 0 Å². The Labute approximate surface area is 117 Å². The highest BCUT2D eigenvalue weighted by molar-refractivity contribution is 6.26. The van der Waals surface area contributed by atoms with Gasteiger partial charge in [0.05, 0.1) is 0 Å². The molecule has 0 spiro atoms. The van der Waals surface area contributed by atoms with Gasteiger partial charge in [0.25, 0.3) is 0 Å². The van der Waals surface area contributed by atoms with E-state index < -0.39 is 0 Å². The SMILES string of the molecule is CCCCCCC[C@H]1CC[C@H](C(=O)C=CCl)CC1. The number of carbonyl (C=O) groups is 1. The average Bonchev–Trinajstić information content (AvgIpc) is 2.39. The second-order valence-corrected chi connectivity index (χ2v) is 5.87. The molecule has 1 aliphatic carbocycles. The lowest BCUT2D eigenvalue weighted by Gasteiger charge is -2.27. The van der Waals surface area contributed by atoms with Crippen LogP contribution in [0.15, 0.2) is 11.6 Å². The molecule has 0 heterocycles. The molecule has 1 nitrogen and oxygen atoms in total. The van der Waals surface area contributed by atoms with Gasteiger partial charge in [-0.25, -0.2) is 0 Å². The first-order chi connectivity index (χ1) is 8.77. The van der Waals surface area contributed by atoms with Crippen molar-refractivity contribution < 1.29 is 4.79 Å². The second kappa shape index (κ2) is 9.61. The van der Waals surface area contributed by atoms with Crippen LogP contribution in [0.4, 0.5) is 0 Å². The topological polar surface area (TPSA) is 17.1 Å². The maximum Gasteiger partial charge on any atom is 0.159 e. The highest BCUT2D eigenvalue weighted by Crippen LogP contribution is 2.32. The molecule has 0 radical (unpaired) electrons. The molecule has 0 N–H and O–H groups in total. The molecule has 0 aromatic heterocycles. The largest absolute Gasteiger partial charge is 0.295 e. The van der Waals surface area contributed by atoms with E-state index in [2.05, 4.69) is 6.92 Å². The van der Waals surface area contributed by atoms with E-state index in [1.807, 2.05) is 0 Å². The molecule has 0 bridgehead atoms. The predicted octanol–water partition coefficient (Wildman–Crippen LogP) is 5.47. The van der Waals surface area contributed by atoms with Crippen LogP contribution < -0.4 is 0 Å². The molecule has 0 aromatic carbocycles. The highest BCUT2D eigenvalue weighted by Gasteiger charge is 2.24. The van der Waals surface area contributed by atoms with E-state index in [0.29, 0.717) is 0 Å². The Kier molecular flexibility index (Phi) is 8.41. The van der Waals surface area contributed by atoms with Crippen molar-refractivity contribution in [1.29, 1.82) is 0 Å². The van der Waals surface area contributed by atoms with Gasteiger partial charge in [0.1, 0.15) is 0 Å². The zero-order chi connectivity index (χ0) is 13.2. The van der Waals surface area contributed by atoms with Crippen LogP contribution in [0.25, 0.3) is 0 Å². The Morgan fingerprint density at radius 3 is 2.39 bits per heavy atom. The van der Waals surface area contributed by atoms with E-state index in [0.717, 1.165) is 18.8 Å². The summed E-state index contributed by atoms with van der Waals surface area (Å²) in [5.41, 5.74) is 1.35. The van der Waals surface area contributed by atoms with Gasteiger partial charge in [-0.3, -0.25) is 4.79 Å². The third-order valence-corrected chi connectivity index (χ3v) is 4.32. The summed E-state index contributed by atoms with van der Waals surface area (Å²) >= 11 is 5.45. The van der Waals surface area contributed by atoms with Gasteiger partial charge in [0.15, 0.2) is 5.78 Å². The van der Waals surface area contributed by atoms with Gasteiger partial charge < -0.3 is 0 Å². The minimum Gasteiger partial charge on any atom is -0.295 e. The van der Waals surface area contributed by atoms with E-state index in [4.69, 9.17) is 11.6 Å². The summed E-state index contributed by atoms with van der Waals surface area (Å²) in [5.74, 6) is 1.35. The highest BCUT2D eigenvalue weighted by atomic mass is 35.5. The fraction of sp³-hybridized carbons (Fsp3) is 0.812. The minimum absolute atomic E-state index is 0.228. The third-order valence-electron chi connectivity index (χ3n) is 4.19. The molecule has 1 saturated carbocycles. The van der Waals surface area contributed by atoms with Crippen LogP contribution in [0.3, 0.4) is 0 Å². The fourth-order valence-corrected chi connectivity index (χ4v) is 3.09. The number of ketones is 1. The lowest BCUT2D eigenvalue weighted by Crippen LogP contribution is -2.20. The van der Waals surface area contributed by atoms with Crippen LogP contribution in [-0.2, 0) is 4.79 Å². The third kappa shape index (κ3) is 6.04. The number of halogens is 1. The molecule has 104 valence electrons. The van der Waals surface area contributed by atoms with Gasteiger partial charge >= 0.3 is 0 Å². The van der Waals surface area contributed by atoms with Crippen LogP contribution in [-0.4, -0.2) is 5.78 Å². The van der Waals surface area contributed by atoms with Gasteiger partial charge in [-0.05, 0) is 37.7 Å². The average molecular weight is 271 g/mol. The summed E-state index contributed by atoms with van der Waals surface area (Å²) in [4.78, 5) is 11.7. The maximum absolute atomic E-state index is 11.7. The molecule has 1 fully saturated rings. The summed E-state index contributed by atoms with van der Waals surface area (Å²) in [6.45, 7) is 2.26. The summed E-state index contributed by atoms with van der Waals surface area (Å²) in [7, 11) is 0. The Bertz CT molecular complexity index is 252. The molecular weight excluding hydrogens is 244 g/mol. The van der Waals surface area contributed by atoms with Crippen molar-refractivity contribution in [3.63, 3.8) is 0 Å². The van der Waals surface area contributed by atoms with Crippen molar-refractivity contribution in [3.05, 3.63) is 11.6 Å². The number of rotatable bonds is 8. The normalized spacial score (nSPS) is 24.6. The standard InChI is InChI=1S/C16H27ClO/c1-2-3-4-5-6-7-14-8-10-15(11-9-14)16(18)12-13-17/h12-15H,2-11H2,1H3/t14-,15-. The smallest absolute Gasteiger partial charge is 0.159 e. The summed E-state index contributed by atoms with van der Waals surface area (Å²) in [5, 5.41) is 0. The quantitative estimate of drug-likeness (QED) is 0.422. The Morgan fingerprint density at radius 1 is 1.11 bits per heavy atom. The molecule has 0 saturated heterocycles. The van der Waals surface area contributed by atoms with Gasteiger partial charge in [0.2, 0.25) is 0 Å². The van der Waals surface area contributed by atoms with Crippen molar-refractivity contribution in [1.82, 2.24) is 0 Å². The predicted molar refractivity (Wildman–Crippen MR) is 78.8 cm³/mol. The first kappa shape index (κ1) is 15.8. The van der Waals surface area contributed by atoms with Crippen molar-refractivity contribution in [2.24, 2.45) is 11.8 Å². The molecule has 0 aromatic rings. The van der Waals surface area contributed by atoms with Crippen LogP contribution >= 0.6 is 11.6 Å². The number of hydrogen-bond donors (Lipinski definition) is 0. The van der Waals surface area contributed by atoms with Crippen molar-refractivity contribution in [2.45, 2.75) is 71.1 Å². The number of carbonyl (C=O) groups excluding carboxylic acids is 1. The number of allylic oxidation sites excluding steroid dienone is 1. The second-order valence-electron chi connectivity index (χ2n) is 5.62. The molecule has 18 heavy (non-hydrogen) atoms. The first-order valence-corrected chi connectivity index (χ1v) is 8.02. The zero-order valence-corrected chi connectivity index (χ0v) is 12.4. The minimum atomic E-state index is 0.228. The number of hydrogen-bond acceptors (Lipinski definition) is 1.